The number of methoxy groups -OCH3 is 1. The molecule has 0 unspecified atom stereocenters. The molecular formula is C19H26NO4P. The molecule has 0 spiro atoms. The number of hydrogen-bond acceptors (Lipinski definition) is 5. The van der Waals surface area contributed by atoms with E-state index in [1.807, 2.05) is 31.1 Å². The molecule has 0 aliphatic carbocycles. The van der Waals surface area contributed by atoms with Gasteiger partial charge in [0.2, 0.25) is 0 Å². The summed E-state index contributed by atoms with van der Waals surface area (Å²) in [4.78, 5) is 1.95. The summed E-state index contributed by atoms with van der Waals surface area (Å²) in [5.74, 6) is -0.830. The Hall–Kier alpha value is -1.81. The zero-order valence-electron chi connectivity index (χ0n) is 15.3. The third kappa shape index (κ3) is 4.24. The second kappa shape index (κ2) is 8.05. The van der Waals surface area contributed by atoms with Crippen LogP contribution in [0.1, 0.15) is 25.3 Å². The van der Waals surface area contributed by atoms with Crippen LogP contribution in [0.5, 0.6) is 5.75 Å². The number of anilines is 1. The van der Waals surface area contributed by atoms with Gasteiger partial charge in [0.15, 0.2) is 5.85 Å². The lowest BCUT2D eigenvalue weighted by Crippen LogP contribution is -2.18. The first-order valence-electron chi connectivity index (χ1n) is 8.16. The van der Waals surface area contributed by atoms with Gasteiger partial charge in [-0.1, -0.05) is 18.2 Å². The normalized spacial score (nSPS) is 14.8. The Morgan fingerprint density at radius 3 is 2.16 bits per heavy atom. The molecule has 1 N–H and O–H groups in total. The van der Waals surface area contributed by atoms with E-state index in [1.165, 1.54) is 7.11 Å². The maximum atomic E-state index is 13.7. The maximum absolute atomic E-state index is 13.7. The third-order valence-electron chi connectivity index (χ3n) is 3.83. The highest BCUT2D eigenvalue weighted by Crippen LogP contribution is 2.59. The van der Waals surface area contributed by atoms with E-state index in [-0.39, 0.29) is 6.10 Å². The summed E-state index contributed by atoms with van der Waals surface area (Å²) < 4.78 is 24.8. The summed E-state index contributed by atoms with van der Waals surface area (Å²) in [7, 11) is 1.81. The number of aliphatic hydroxyl groups excluding tert-OH is 1. The van der Waals surface area contributed by atoms with Crippen molar-refractivity contribution in [3.05, 3.63) is 54.1 Å². The fraction of sp³-hybridized carbons (Fsp3) is 0.368. The van der Waals surface area contributed by atoms with Gasteiger partial charge in [-0.15, -0.1) is 0 Å². The van der Waals surface area contributed by atoms with Crippen molar-refractivity contribution in [2.45, 2.75) is 25.8 Å². The zero-order chi connectivity index (χ0) is 18.6. The van der Waals surface area contributed by atoms with Gasteiger partial charge in [-0.25, -0.2) is 0 Å². The van der Waals surface area contributed by atoms with E-state index in [0.29, 0.717) is 16.6 Å². The molecule has 2 aromatic rings. The van der Waals surface area contributed by atoms with E-state index in [1.54, 1.807) is 50.2 Å². The number of ether oxygens (including phenoxy) is 1. The quantitative estimate of drug-likeness (QED) is 0.759. The average Bonchev–Trinajstić information content (AvgIpc) is 2.60. The van der Waals surface area contributed by atoms with Crippen LogP contribution >= 0.6 is 7.37 Å². The number of hydrogen-bond donors (Lipinski definition) is 1. The van der Waals surface area contributed by atoms with Gasteiger partial charge in [0.25, 0.3) is 7.37 Å². The topological polar surface area (TPSA) is 59.0 Å². The predicted octanol–water partition coefficient (Wildman–Crippen LogP) is 3.78. The van der Waals surface area contributed by atoms with Gasteiger partial charge in [-0.05, 0) is 44.2 Å². The Bertz CT molecular complexity index is 743. The Morgan fingerprint density at radius 2 is 1.64 bits per heavy atom. The molecule has 0 fully saturated rings. The van der Waals surface area contributed by atoms with Crippen molar-refractivity contribution >= 4 is 18.4 Å². The highest BCUT2D eigenvalue weighted by molar-refractivity contribution is 7.67. The van der Waals surface area contributed by atoms with Crippen molar-refractivity contribution in [3.8, 4) is 5.75 Å². The highest BCUT2D eigenvalue weighted by atomic mass is 31.2. The molecule has 0 bridgehead atoms. The van der Waals surface area contributed by atoms with E-state index in [4.69, 9.17) is 9.26 Å². The van der Waals surface area contributed by atoms with Crippen LogP contribution in [0.15, 0.2) is 48.5 Å². The van der Waals surface area contributed by atoms with Gasteiger partial charge in [-0.2, -0.15) is 0 Å². The molecule has 0 amide bonds. The lowest BCUT2D eigenvalue weighted by Gasteiger charge is -2.27. The fourth-order valence-corrected chi connectivity index (χ4v) is 4.88. The van der Waals surface area contributed by atoms with Gasteiger partial charge in [0, 0.05) is 30.7 Å². The minimum atomic E-state index is -3.57. The maximum Gasteiger partial charge on any atom is 0.264 e. The van der Waals surface area contributed by atoms with Crippen molar-refractivity contribution < 1.29 is 18.9 Å². The van der Waals surface area contributed by atoms with Crippen molar-refractivity contribution in [1.29, 1.82) is 0 Å². The molecule has 2 rings (SSSR count). The van der Waals surface area contributed by atoms with Crippen LogP contribution in [0.25, 0.3) is 0 Å². The summed E-state index contributed by atoms with van der Waals surface area (Å²) in [5.41, 5.74) is 1.43. The van der Waals surface area contributed by atoms with Crippen molar-refractivity contribution in [2.24, 2.45) is 0 Å². The van der Waals surface area contributed by atoms with Gasteiger partial charge >= 0.3 is 0 Å². The monoisotopic (exact) mass is 363 g/mol. The summed E-state index contributed by atoms with van der Waals surface area (Å²) in [6, 6.07) is 14.2. The molecule has 0 heterocycles. The number of aliphatic hydroxyl groups is 1. The van der Waals surface area contributed by atoms with Crippen LogP contribution in [-0.4, -0.2) is 32.4 Å². The number of rotatable bonds is 7. The number of benzene rings is 2. The van der Waals surface area contributed by atoms with E-state index < -0.39 is 13.2 Å². The van der Waals surface area contributed by atoms with E-state index >= 15 is 0 Å². The fourth-order valence-electron chi connectivity index (χ4n) is 2.59. The summed E-state index contributed by atoms with van der Waals surface area (Å²) in [5, 5.41) is 11.4. The van der Waals surface area contributed by atoms with Crippen LogP contribution in [0.3, 0.4) is 0 Å². The SMILES string of the molecule is COc1ccccc1[C@H](O)[P@](=O)(OC(C)C)c1ccc(N(C)C)cc1. The molecule has 0 radical (unpaired) electrons. The molecule has 0 aliphatic rings. The molecule has 0 aliphatic heterocycles. The first-order valence-corrected chi connectivity index (χ1v) is 9.86. The minimum Gasteiger partial charge on any atom is -0.496 e. The van der Waals surface area contributed by atoms with Crippen LogP contribution in [0.4, 0.5) is 5.69 Å². The summed E-state index contributed by atoms with van der Waals surface area (Å²) >= 11 is 0. The lowest BCUT2D eigenvalue weighted by molar-refractivity contribution is 0.186. The largest absolute Gasteiger partial charge is 0.496 e. The van der Waals surface area contributed by atoms with Crippen LogP contribution < -0.4 is 14.9 Å². The third-order valence-corrected chi connectivity index (χ3v) is 6.51. The average molecular weight is 363 g/mol. The molecule has 0 saturated carbocycles. The van der Waals surface area contributed by atoms with E-state index in [9.17, 15) is 9.67 Å². The van der Waals surface area contributed by atoms with Crippen molar-refractivity contribution in [3.63, 3.8) is 0 Å². The van der Waals surface area contributed by atoms with Crippen molar-refractivity contribution in [1.82, 2.24) is 0 Å². The lowest BCUT2D eigenvalue weighted by atomic mass is 10.2. The molecule has 0 saturated heterocycles. The minimum absolute atomic E-state index is 0.302. The number of nitrogens with zero attached hydrogens (tertiary/aromatic N) is 1. The predicted molar refractivity (Wildman–Crippen MR) is 102 cm³/mol. The Balaban J connectivity index is 2.51. The second-order valence-electron chi connectivity index (χ2n) is 6.28. The molecule has 2 aromatic carbocycles. The first kappa shape index (κ1) is 19.5. The molecular weight excluding hydrogens is 337 g/mol. The van der Waals surface area contributed by atoms with Crippen molar-refractivity contribution in [2.75, 3.05) is 26.1 Å². The van der Waals surface area contributed by atoms with Gasteiger partial charge in [0.1, 0.15) is 5.75 Å². The standard InChI is InChI=1S/C19H26NO4P/c1-14(2)24-25(22,16-12-10-15(11-13-16)20(3)4)19(21)17-8-6-7-9-18(17)23-5/h6-14,19,21H,1-5H3/t19-,25-/m1/s1. The molecule has 5 nitrogen and oxygen atoms in total. The second-order valence-corrected chi connectivity index (χ2v) is 8.69. The van der Waals surface area contributed by atoms with E-state index in [2.05, 4.69) is 0 Å². The molecule has 2 atom stereocenters. The highest BCUT2D eigenvalue weighted by Gasteiger charge is 2.38. The Morgan fingerprint density at radius 1 is 1.04 bits per heavy atom. The zero-order valence-corrected chi connectivity index (χ0v) is 16.2. The number of para-hydroxylation sites is 1. The summed E-state index contributed by atoms with van der Waals surface area (Å²) in [6.07, 6.45) is -0.302. The van der Waals surface area contributed by atoms with Gasteiger partial charge in [-0.3, -0.25) is 4.57 Å². The Labute approximate surface area is 149 Å². The molecule has 25 heavy (non-hydrogen) atoms. The van der Waals surface area contributed by atoms with Crippen LogP contribution in [-0.2, 0) is 9.09 Å². The summed E-state index contributed by atoms with van der Waals surface area (Å²) in [6.45, 7) is 3.60. The van der Waals surface area contributed by atoms with Gasteiger partial charge in [0.05, 0.1) is 13.2 Å². The van der Waals surface area contributed by atoms with E-state index in [0.717, 1.165) is 5.69 Å². The van der Waals surface area contributed by atoms with Gasteiger partial charge < -0.3 is 19.3 Å². The Kier molecular flexibility index (Phi) is 6.28. The molecule has 136 valence electrons. The van der Waals surface area contributed by atoms with Crippen LogP contribution in [0.2, 0.25) is 0 Å². The first-order chi connectivity index (χ1) is 11.8. The molecule has 0 aromatic heterocycles. The molecule has 6 heteroatoms. The van der Waals surface area contributed by atoms with Crippen LogP contribution in [0, 0.1) is 0 Å². The smallest absolute Gasteiger partial charge is 0.264 e.